The maximum Gasteiger partial charge on any atom is 0.150 e. The van der Waals surface area contributed by atoms with Gasteiger partial charge in [0.15, 0.2) is 5.82 Å². The lowest BCUT2D eigenvalue weighted by atomic mass is 10.2. The zero-order chi connectivity index (χ0) is 11.3. The molecule has 0 saturated carbocycles. The molecule has 1 atom stereocenters. The number of hydrogen-bond acceptors (Lipinski definition) is 3. The largest absolute Gasteiger partial charge is 0.246 e. The number of aryl methyl sites for hydroxylation is 2. The Balaban J connectivity index is 2.99. The molecule has 1 heterocycles. The Labute approximate surface area is 90.9 Å². The summed E-state index contributed by atoms with van der Waals surface area (Å²) in [7, 11) is 0. The van der Waals surface area contributed by atoms with Crippen molar-refractivity contribution in [2.45, 2.75) is 52.5 Å². The van der Waals surface area contributed by atoms with E-state index in [1.54, 1.807) is 0 Å². The predicted octanol–water partition coefficient (Wildman–Crippen LogP) is 2.27. The van der Waals surface area contributed by atoms with Crippen molar-refractivity contribution < 1.29 is 0 Å². The molecule has 0 saturated heterocycles. The van der Waals surface area contributed by atoms with E-state index in [-0.39, 0.29) is 6.04 Å². The van der Waals surface area contributed by atoms with Crippen LogP contribution in [0.2, 0.25) is 0 Å². The Bertz CT molecular complexity index is 348. The average molecular weight is 206 g/mol. The van der Waals surface area contributed by atoms with Crippen molar-refractivity contribution in [2.24, 2.45) is 0 Å². The summed E-state index contributed by atoms with van der Waals surface area (Å²) in [4.78, 5) is 4.44. The molecule has 1 aromatic rings. The zero-order valence-corrected chi connectivity index (χ0v) is 9.69. The van der Waals surface area contributed by atoms with E-state index >= 15 is 0 Å². The predicted molar refractivity (Wildman–Crippen MR) is 58.3 cm³/mol. The molecule has 0 aliphatic carbocycles. The van der Waals surface area contributed by atoms with Crippen molar-refractivity contribution in [3.8, 4) is 6.07 Å². The van der Waals surface area contributed by atoms with Gasteiger partial charge < -0.3 is 0 Å². The Morgan fingerprint density at radius 2 is 2.07 bits per heavy atom. The van der Waals surface area contributed by atoms with Gasteiger partial charge in [-0.2, -0.15) is 10.4 Å². The lowest BCUT2D eigenvalue weighted by Gasteiger charge is -2.13. The van der Waals surface area contributed by atoms with Crippen molar-refractivity contribution in [3.05, 3.63) is 11.6 Å². The molecule has 1 rings (SSSR count). The molecule has 0 N–H and O–H groups in total. The summed E-state index contributed by atoms with van der Waals surface area (Å²) >= 11 is 0. The number of rotatable bonds is 5. The summed E-state index contributed by atoms with van der Waals surface area (Å²) in [5.41, 5.74) is 0. The molecule has 4 nitrogen and oxygen atoms in total. The smallest absolute Gasteiger partial charge is 0.150 e. The molecule has 0 radical (unpaired) electrons. The van der Waals surface area contributed by atoms with Crippen LogP contribution in [-0.4, -0.2) is 14.8 Å². The lowest BCUT2D eigenvalue weighted by molar-refractivity contribution is 0.430. The molecule has 82 valence electrons. The first kappa shape index (κ1) is 11.7. The van der Waals surface area contributed by atoms with Gasteiger partial charge in [-0.3, -0.25) is 0 Å². The van der Waals surface area contributed by atoms with Crippen molar-refractivity contribution in [3.63, 3.8) is 0 Å². The topological polar surface area (TPSA) is 54.5 Å². The van der Waals surface area contributed by atoms with E-state index in [2.05, 4.69) is 30.0 Å². The monoisotopic (exact) mass is 206 g/mol. The normalized spacial score (nSPS) is 12.4. The molecule has 0 spiro atoms. The number of nitriles is 1. The van der Waals surface area contributed by atoms with E-state index in [1.807, 2.05) is 11.6 Å². The van der Waals surface area contributed by atoms with Gasteiger partial charge in [0.2, 0.25) is 0 Å². The molecule has 0 bridgehead atoms. The van der Waals surface area contributed by atoms with Crippen LogP contribution in [0.15, 0.2) is 0 Å². The molecule has 1 unspecified atom stereocenters. The van der Waals surface area contributed by atoms with Gasteiger partial charge in [-0.15, -0.1) is 0 Å². The molecular weight excluding hydrogens is 188 g/mol. The summed E-state index contributed by atoms with van der Waals surface area (Å²) in [6.07, 6.45) is 3.15. The van der Waals surface area contributed by atoms with Gasteiger partial charge >= 0.3 is 0 Å². The van der Waals surface area contributed by atoms with Gasteiger partial charge in [-0.25, -0.2) is 9.67 Å². The number of hydrogen-bond donors (Lipinski definition) is 0. The van der Waals surface area contributed by atoms with Crippen LogP contribution in [-0.2, 0) is 12.8 Å². The highest BCUT2D eigenvalue weighted by Crippen LogP contribution is 2.17. The Hall–Kier alpha value is -1.37. The van der Waals surface area contributed by atoms with E-state index in [9.17, 15) is 0 Å². The molecule has 0 aliphatic rings. The third-order valence-corrected chi connectivity index (χ3v) is 2.52. The van der Waals surface area contributed by atoms with Crippen LogP contribution in [0.1, 0.15) is 51.3 Å². The maximum atomic E-state index is 8.75. The summed E-state index contributed by atoms with van der Waals surface area (Å²) in [5.74, 6) is 1.87. The van der Waals surface area contributed by atoms with Crippen LogP contribution in [0, 0.1) is 11.3 Å². The second-order valence-electron chi connectivity index (χ2n) is 3.52. The summed E-state index contributed by atoms with van der Waals surface area (Å²) in [6.45, 7) is 6.19. The quantitative estimate of drug-likeness (QED) is 0.742. The van der Waals surface area contributed by atoms with Gasteiger partial charge in [0.25, 0.3) is 0 Å². The third kappa shape index (κ3) is 2.56. The molecule has 0 fully saturated rings. The van der Waals surface area contributed by atoms with Gasteiger partial charge in [0.05, 0.1) is 18.5 Å². The first-order valence-electron chi connectivity index (χ1n) is 5.57. The lowest BCUT2D eigenvalue weighted by Crippen LogP contribution is -2.12. The first-order chi connectivity index (χ1) is 7.26. The summed E-state index contributed by atoms with van der Waals surface area (Å²) in [6, 6.07) is 2.39. The van der Waals surface area contributed by atoms with Crippen LogP contribution < -0.4 is 0 Å². The minimum Gasteiger partial charge on any atom is -0.246 e. The Morgan fingerprint density at radius 3 is 2.53 bits per heavy atom. The maximum absolute atomic E-state index is 8.75. The van der Waals surface area contributed by atoms with Gasteiger partial charge in [-0.1, -0.05) is 20.8 Å². The second-order valence-corrected chi connectivity index (χ2v) is 3.52. The fraction of sp³-hybridized carbons (Fsp3) is 0.727. The first-order valence-corrected chi connectivity index (χ1v) is 5.57. The molecule has 0 amide bonds. The van der Waals surface area contributed by atoms with E-state index in [1.165, 1.54) is 0 Å². The third-order valence-electron chi connectivity index (χ3n) is 2.52. The second kappa shape index (κ2) is 5.50. The summed E-state index contributed by atoms with van der Waals surface area (Å²) in [5, 5.41) is 13.2. The van der Waals surface area contributed by atoms with Crippen LogP contribution in [0.3, 0.4) is 0 Å². The highest BCUT2D eigenvalue weighted by Gasteiger charge is 2.15. The Kier molecular flexibility index (Phi) is 4.29. The molecule has 1 aromatic heterocycles. The SMILES string of the molecule is CCc1nc(CC)n(C(CC)CC#N)n1. The van der Waals surface area contributed by atoms with Gasteiger partial charge in [0, 0.05) is 12.8 Å². The van der Waals surface area contributed by atoms with E-state index in [0.717, 1.165) is 30.9 Å². The fourth-order valence-electron chi connectivity index (χ4n) is 1.60. The van der Waals surface area contributed by atoms with E-state index in [4.69, 9.17) is 5.26 Å². The van der Waals surface area contributed by atoms with Crippen LogP contribution in [0.25, 0.3) is 0 Å². The highest BCUT2D eigenvalue weighted by molar-refractivity contribution is 4.96. The van der Waals surface area contributed by atoms with Crippen LogP contribution in [0.5, 0.6) is 0 Å². The van der Waals surface area contributed by atoms with Gasteiger partial charge in [0.1, 0.15) is 5.82 Å². The van der Waals surface area contributed by atoms with Crippen molar-refractivity contribution in [1.29, 1.82) is 5.26 Å². The van der Waals surface area contributed by atoms with Crippen molar-refractivity contribution >= 4 is 0 Å². The van der Waals surface area contributed by atoms with E-state index < -0.39 is 0 Å². The average Bonchev–Trinajstić information content (AvgIpc) is 2.68. The van der Waals surface area contributed by atoms with Crippen molar-refractivity contribution in [1.82, 2.24) is 14.8 Å². The molecular formula is C11H18N4. The highest BCUT2D eigenvalue weighted by atomic mass is 15.4. The van der Waals surface area contributed by atoms with Gasteiger partial charge in [-0.05, 0) is 6.42 Å². The standard InChI is InChI=1S/C11H18N4/c1-4-9(7-8-12)15-11(6-3)13-10(5-2)14-15/h9H,4-7H2,1-3H3. The number of nitrogens with zero attached hydrogens (tertiary/aromatic N) is 4. The minimum absolute atomic E-state index is 0.178. The molecule has 4 heteroatoms. The van der Waals surface area contributed by atoms with Crippen molar-refractivity contribution in [2.75, 3.05) is 0 Å². The number of aromatic nitrogens is 3. The summed E-state index contributed by atoms with van der Waals surface area (Å²) < 4.78 is 1.93. The van der Waals surface area contributed by atoms with Crippen LogP contribution >= 0.6 is 0 Å². The Morgan fingerprint density at radius 1 is 1.33 bits per heavy atom. The van der Waals surface area contributed by atoms with E-state index in [0.29, 0.717) is 6.42 Å². The fourth-order valence-corrected chi connectivity index (χ4v) is 1.60. The molecule has 15 heavy (non-hydrogen) atoms. The van der Waals surface area contributed by atoms with Crippen LogP contribution in [0.4, 0.5) is 0 Å². The molecule has 0 aromatic carbocycles. The zero-order valence-electron chi connectivity index (χ0n) is 9.69. The molecule has 0 aliphatic heterocycles. The minimum atomic E-state index is 0.178.